The van der Waals surface area contributed by atoms with Crippen molar-refractivity contribution in [2.45, 2.75) is 39.7 Å². The molecule has 210 valence electrons. The van der Waals surface area contributed by atoms with Crippen molar-refractivity contribution in [1.82, 2.24) is 4.57 Å². The molecule has 0 saturated heterocycles. The summed E-state index contributed by atoms with van der Waals surface area (Å²) in [5.41, 5.74) is 3.27. The SMILES string of the molecule is CCCC1=C(C(=O)OCC)C(c2ccc3c(c2)OCO3)n2c(s/c(=C\c3ccc(-c4cc(Cl)ccc4C)o3)c2=O)=N1. The minimum atomic E-state index is -0.746. The lowest BCUT2D eigenvalue weighted by Gasteiger charge is -2.25. The van der Waals surface area contributed by atoms with Gasteiger partial charge in [-0.15, -0.1) is 0 Å². The third kappa shape index (κ3) is 5.00. The van der Waals surface area contributed by atoms with Crippen LogP contribution in [0, 0.1) is 6.92 Å². The molecule has 2 aliphatic rings. The van der Waals surface area contributed by atoms with Gasteiger partial charge >= 0.3 is 5.97 Å². The van der Waals surface area contributed by atoms with E-state index in [1.165, 1.54) is 11.3 Å². The van der Waals surface area contributed by atoms with E-state index in [-0.39, 0.29) is 19.0 Å². The second kappa shape index (κ2) is 11.1. The van der Waals surface area contributed by atoms with Crippen molar-refractivity contribution in [3.05, 3.63) is 101 Å². The Kier molecular flexibility index (Phi) is 7.32. The monoisotopic (exact) mass is 590 g/mol. The lowest BCUT2D eigenvalue weighted by Crippen LogP contribution is -2.40. The highest BCUT2D eigenvalue weighted by molar-refractivity contribution is 7.07. The maximum Gasteiger partial charge on any atom is 0.338 e. The van der Waals surface area contributed by atoms with Gasteiger partial charge in [-0.25, -0.2) is 9.79 Å². The van der Waals surface area contributed by atoms with E-state index in [1.807, 2.05) is 56.3 Å². The van der Waals surface area contributed by atoms with Crippen LogP contribution in [-0.2, 0) is 9.53 Å². The first-order chi connectivity index (χ1) is 19.9. The number of furan rings is 1. The molecule has 0 fully saturated rings. The molecule has 0 N–H and O–H groups in total. The zero-order chi connectivity index (χ0) is 28.7. The average molecular weight is 591 g/mol. The lowest BCUT2D eigenvalue weighted by atomic mass is 9.94. The number of allylic oxidation sites excluding steroid dienone is 1. The molecule has 0 saturated carbocycles. The van der Waals surface area contributed by atoms with E-state index in [4.69, 9.17) is 35.2 Å². The Morgan fingerprint density at radius 3 is 2.78 bits per heavy atom. The van der Waals surface area contributed by atoms with Crippen molar-refractivity contribution in [2.24, 2.45) is 4.99 Å². The molecule has 0 spiro atoms. The van der Waals surface area contributed by atoms with Gasteiger partial charge in [0.15, 0.2) is 16.3 Å². The van der Waals surface area contributed by atoms with Gasteiger partial charge in [-0.3, -0.25) is 9.36 Å². The molecule has 4 aromatic rings. The summed E-state index contributed by atoms with van der Waals surface area (Å²) in [6.45, 7) is 6.07. The molecular formula is C31H27ClN2O6S. The van der Waals surface area contributed by atoms with Crippen LogP contribution in [0.5, 0.6) is 11.5 Å². The van der Waals surface area contributed by atoms with Gasteiger partial charge in [-0.1, -0.05) is 48.4 Å². The number of rotatable bonds is 7. The Hall–Kier alpha value is -4.08. The summed E-state index contributed by atoms with van der Waals surface area (Å²) >= 11 is 7.46. The number of hydrogen-bond donors (Lipinski definition) is 0. The van der Waals surface area contributed by atoms with Crippen LogP contribution in [0.25, 0.3) is 17.4 Å². The van der Waals surface area contributed by atoms with Crippen LogP contribution in [0.15, 0.2) is 74.0 Å². The summed E-state index contributed by atoms with van der Waals surface area (Å²) < 4.78 is 24.7. The Morgan fingerprint density at radius 2 is 1.98 bits per heavy atom. The predicted molar refractivity (Wildman–Crippen MR) is 156 cm³/mol. The van der Waals surface area contributed by atoms with E-state index in [2.05, 4.69) is 0 Å². The number of carbonyl (C=O) groups is 1. The van der Waals surface area contributed by atoms with Crippen LogP contribution in [-0.4, -0.2) is 23.9 Å². The first-order valence-corrected chi connectivity index (χ1v) is 14.5. The number of aryl methyl sites for hydroxylation is 1. The zero-order valence-corrected chi connectivity index (χ0v) is 24.3. The smallest absolute Gasteiger partial charge is 0.338 e. The first-order valence-electron chi connectivity index (χ1n) is 13.4. The van der Waals surface area contributed by atoms with Crippen LogP contribution in [0.2, 0.25) is 5.02 Å². The quantitative estimate of drug-likeness (QED) is 0.263. The lowest BCUT2D eigenvalue weighted by molar-refractivity contribution is -0.139. The van der Waals surface area contributed by atoms with Gasteiger partial charge in [0.2, 0.25) is 6.79 Å². The number of hydrogen-bond acceptors (Lipinski definition) is 8. The maximum atomic E-state index is 14.0. The largest absolute Gasteiger partial charge is 0.463 e. The van der Waals surface area contributed by atoms with Crippen LogP contribution in [0.4, 0.5) is 0 Å². The van der Waals surface area contributed by atoms with Crippen molar-refractivity contribution in [3.8, 4) is 22.8 Å². The Labute approximate surface area is 244 Å². The van der Waals surface area contributed by atoms with Crippen molar-refractivity contribution in [1.29, 1.82) is 0 Å². The molecule has 0 aliphatic carbocycles. The Bertz CT molecular complexity index is 1880. The number of halogens is 1. The highest BCUT2D eigenvalue weighted by Crippen LogP contribution is 2.39. The minimum absolute atomic E-state index is 0.114. The molecule has 0 radical (unpaired) electrons. The number of esters is 1. The number of fused-ring (bicyclic) bond motifs is 2. The predicted octanol–water partition coefficient (Wildman–Crippen LogP) is 5.53. The third-order valence-electron chi connectivity index (χ3n) is 6.97. The number of thiazole rings is 1. The third-order valence-corrected chi connectivity index (χ3v) is 8.19. The van der Waals surface area contributed by atoms with Crippen LogP contribution in [0.3, 0.4) is 0 Å². The molecule has 10 heteroatoms. The van der Waals surface area contributed by atoms with Gasteiger partial charge < -0.3 is 18.6 Å². The van der Waals surface area contributed by atoms with Gasteiger partial charge in [0.25, 0.3) is 5.56 Å². The van der Waals surface area contributed by atoms with Gasteiger partial charge in [-0.2, -0.15) is 0 Å². The number of nitrogens with zero attached hydrogens (tertiary/aromatic N) is 2. The summed E-state index contributed by atoms with van der Waals surface area (Å²) in [5, 5.41) is 0.612. The second-order valence-electron chi connectivity index (χ2n) is 9.69. The molecule has 0 bridgehead atoms. The number of ether oxygens (including phenoxy) is 3. The number of carbonyl (C=O) groups excluding carboxylic acids is 1. The molecule has 1 atom stereocenters. The van der Waals surface area contributed by atoms with Crippen LogP contribution in [0.1, 0.15) is 49.6 Å². The second-order valence-corrected chi connectivity index (χ2v) is 11.1. The fourth-order valence-electron chi connectivity index (χ4n) is 5.08. The maximum absolute atomic E-state index is 14.0. The molecule has 4 heterocycles. The van der Waals surface area contributed by atoms with E-state index in [9.17, 15) is 9.59 Å². The highest BCUT2D eigenvalue weighted by atomic mass is 35.5. The summed E-state index contributed by atoms with van der Waals surface area (Å²) in [4.78, 5) is 32.7. The van der Waals surface area contributed by atoms with Crippen LogP contribution < -0.4 is 24.4 Å². The molecule has 2 aromatic carbocycles. The summed E-state index contributed by atoms with van der Waals surface area (Å²) in [6, 6.07) is 14.0. The van der Waals surface area contributed by atoms with E-state index < -0.39 is 12.0 Å². The topological polar surface area (TPSA) is 92.3 Å². The Balaban J connectivity index is 1.51. The van der Waals surface area contributed by atoms with Crippen molar-refractivity contribution >= 4 is 35.0 Å². The molecule has 6 rings (SSSR count). The summed E-state index contributed by atoms with van der Waals surface area (Å²) in [7, 11) is 0. The van der Waals surface area contributed by atoms with Crippen LogP contribution >= 0.6 is 22.9 Å². The van der Waals surface area contributed by atoms with E-state index >= 15 is 0 Å². The molecule has 8 nitrogen and oxygen atoms in total. The zero-order valence-electron chi connectivity index (χ0n) is 22.7. The van der Waals surface area contributed by atoms with Gasteiger partial charge in [0.05, 0.1) is 28.5 Å². The number of benzene rings is 2. The van der Waals surface area contributed by atoms with Gasteiger partial charge in [0.1, 0.15) is 11.5 Å². The van der Waals surface area contributed by atoms with E-state index in [0.717, 1.165) is 17.5 Å². The summed E-state index contributed by atoms with van der Waals surface area (Å²) in [6.07, 6.45) is 3.03. The van der Waals surface area contributed by atoms with Crippen molar-refractivity contribution in [3.63, 3.8) is 0 Å². The first kappa shape index (κ1) is 27.1. The normalized spacial score (nSPS) is 16.1. The van der Waals surface area contributed by atoms with Crippen molar-refractivity contribution in [2.75, 3.05) is 13.4 Å². The molecule has 2 aliphatic heterocycles. The minimum Gasteiger partial charge on any atom is -0.463 e. The van der Waals surface area contributed by atoms with Gasteiger partial charge in [0, 0.05) is 16.7 Å². The molecule has 1 unspecified atom stereocenters. The molecule has 2 aromatic heterocycles. The Morgan fingerprint density at radius 1 is 1.15 bits per heavy atom. The van der Waals surface area contributed by atoms with E-state index in [1.54, 1.807) is 23.6 Å². The van der Waals surface area contributed by atoms with E-state index in [0.29, 0.717) is 60.6 Å². The number of aromatic nitrogens is 1. The average Bonchev–Trinajstić information content (AvgIpc) is 3.69. The molecular weight excluding hydrogens is 564 g/mol. The standard InChI is InChI=1S/C31H27ClN2O6S/c1-4-6-22-27(30(36)37-5-2)28(18-8-11-24-25(13-18)39-16-38-24)34-29(35)26(41-31(34)33-22)15-20-10-12-23(40-20)21-14-19(32)9-7-17(21)3/h7-15,28H,4-6,16H2,1-3H3/b26-15-. The molecule has 0 amide bonds. The highest BCUT2D eigenvalue weighted by Gasteiger charge is 2.35. The fourth-order valence-corrected chi connectivity index (χ4v) is 6.26. The molecule has 41 heavy (non-hydrogen) atoms. The van der Waals surface area contributed by atoms with Gasteiger partial charge in [-0.05, 0) is 67.8 Å². The van der Waals surface area contributed by atoms with Crippen molar-refractivity contribution < 1.29 is 23.4 Å². The summed E-state index contributed by atoms with van der Waals surface area (Å²) in [5.74, 6) is 1.84. The fraction of sp³-hybridized carbons (Fsp3) is 0.258.